The Labute approximate surface area is 127 Å². The second kappa shape index (κ2) is 6.01. The fraction of sp³-hybridized carbons (Fsp3) is 0.500. The van der Waals surface area contributed by atoms with Gasteiger partial charge in [0.15, 0.2) is 0 Å². The van der Waals surface area contributed by atoms with Gasteiger partial charge in [0.1, 0.15) is 5.01 Å². The zero-order chi connectivity index (χ0) is 14.8. The summed E-state index contributed by atoms with van der Waals surface area (Å²) in [5.41, 5.74) is 0.171. The van der Waals surface area contributed by atoms with Crippen LogP contribution in [-0.4, -0.2) is 16.1 Å². The molecule has 2 rings (SSSR count). The highest BCUT2D eigenvalue weighted by molar-refractivity contribution is 7.16. The summed E-state index contributed by atoms with van der Waals surface area (Å²) in [5.74, 6) is -0.104. The second-order valence-electron chi connectivity index (χ2n) is 5.81. The van der Waals surface area contributed by atoms with Crippen LogP contribution in [0.5, 0.6) is 0 Å². The fourth-order valence-corrected chi connectivity index (χ4v) is 3.56. The van der Waals surface area contributed by atoms with Gasteiger partial charge in [0.25, 0.3) is 5.91 Å². The third-order valence-corrected chi connectivity index (χ3v) is 4.67. The highest BCUT2D eigenvalue weighted by Gasteiger charge is 2.16. The topological polar surface area (TPSA) is 54.9 Å². The van der Waals surface area contributed by atoms with Crippen molar-refractivity contribution in [1.29, 1.82) is 0 Å². The van der Waals surface area contributed by atoms with Crippen LogP contribution in [0.15, 0.2) is 12.1 Å². The van der Waals surface area contributed by atoms with Gasteiger partial charge < -0.3 is 0 Å². The smallest absolute Gasteiger partial charge is 0.267 e. The molecular formula is C14H19N3OS2. The zero-order valence-corrected chi connectivity index (χ0v) is 13.8. The van der Waals surface area contributed by atoms with Crippen molar-refractivity contribution in [3.8, 4) is 0 Å². The van der Waals surface area contributed by atoms with E-state index >= 15 is 0 Å². The minimum Gasteiger partial charge on any atom is -0.296 e. The number of anilines is 1. The predicted octanol–water partition coefficient (Wildman–Crippen LogP) is 4.00. The number of nitrogens with one attached hydrogen (secondary N) is 1. The molecule has 0 unspecified atom stereocenters. The van der Waals surface area contributed by atoms with E-state index in [2.05, 4.69) is 43.2 Å². The zero-order valence-electron chi connectivity index (χ0n) is 12.2. The largest absolute Gasteiger partial charge is 0.296 e. The number of thiophene rings is 1. The average Bonchev–Trinajstić information content (AvgIpc) is 2.96. The molecule has 0 saturated carbocycles. The summed E-state index contributed by atoms with van der Waals surface area (Å²) < 4.78 is 0. The number of rotatable bonds is 4. The lowest BCUT2D eigenvalue weighted by Gasteiger charge is -2.14. The molecule has 0 spiro atoms. The maximum atomic E-state index is 12.1. The Balaban J connectivity index is 2.01. The number of aromatic nitrogens is 2. The molecule has 108 valence electrons. The number of aryl methyl sites for hydroxylation is 1. The molecule has 1 amide bonds. The highest BCUT2D eigenvalue weighted by Crippen LogP contribution is 2.25. The van der Waals surface area contributed by atoms with Gasteiger partial charge in [-0.05, 0) is 24.0 Å². The molecule has 0 saturated heterocycles. The van der Waals surface area contributed by atoms with E-state index in [9.17, 15) is 4.79 Å². The number of hydrogen-bond acceptors (Lipinski definition) is 5. The van der Waals surface area contributed by atoms with Crippen LogP contribution in [0.25, 0.3) is 0 Å². The highest BCUT2D eigenvalue weighted by atomic mass is 32.1. The monoisotopic (exact) mass is 309 g/mol. The van der Waals surface area contributed by atoms with E-state index < -0.39 is 0 Å². The molecule has 20 heavy (non-hydrogen) atoms. The van der Waals surface area contributed by atoms with E-state index in [1.165, 1.54) is 27.6 Å². The minimum atomic E-state index is -0.104. The number of amides is 1. The van der Waals surface area contributed by atoms with Crippen molar-refractivity contribution >= 4 is 33.7 Å². The van der Waals surface area contributed by atoms with Gasteiger partial charge in [0.2, 0.25) is 5.13 Å². The summed E-state index contributed by atoms with van der Waals surface area (Å²) in [7, 11) is 0. The maximum Gasteiger partial charge on any atom is 0.267 e. The maximum absolute atomic E-state index is 12.1. The summed E-state index contributed by atoms with van der Waals surface area (Å²) in [4.78, 5) is 14.0. The van der Waals surface area contributed by atoms with Crippen LogP contribution in [0.4, 0.5) is 5.13 Å². The fourth-order valence-electron chi connectivity index (χ4n) is 1.68. The van der Waals surface area contributed by atoms with Crippen molar-refractivity contribution in [2.24, 2.45) is 5.41 Å². The van der Waals surface area contributed by atoms with Gasteiger partial charge in [-0.15, -0.1) is 21.5 Å². The Bertz CT molecular complexity index is 596. The molecule has 2 heterocycles. The van der Waals surface area contributed by atoms with E-state index in [1.54, 1.807) is 0 Å². The average molecular weight is 309 g/mol. The summed E-state index contributed by atoms with van der Waals surface area (Å²) in [6.45, 7) is 8.55. The standard InChI is InChI=1S/C14H19N3OS2/c1-5-9-6-7-10(19-9)12(18)15-13-17-16-11(20-13)8-14(2,3)4/h6-7H,5,8H2,1-4H3,(H,15,17,18). The molecule has 0 aliphatic carbocycles. The van der Waals surface area contributed by atoms with Crippen LogP contribution >= 0.6 is 22.7 Å². The first kappa shape index (κ1) is 15.1. The van der Waals surface area contributed by atoms with Crippen LogP contribution in [-0.2, 0) is 12.8 Å². The number of hydrogen-bond donors (Lipinski definition) is 1. The lowest BCUT2D eigenvalue weighted by atomic mass is 9.93. The van der Waals surface area contributed by atoms with Crippen molar-refractivity contribution in [3.63, 3.8) is 0 Å². The molecule has 0 radical (unpaired) electrons. The van der Waals surface area contributed by atoms with Crippen LogP contribution in [0.1, 0.15) is 47.3 Å². The van der Waals surface area contributed by atoms with Crippen LogP contribution < -0.4 is 5.32 Å². The van der Waals surface area contributed by atoms with Gasteiger partial charge in [-0.2, -0.15) is 0 Å². The van der Waals surface area contributed by atoms with Gasteiger partial charge >= 0.3 is 0 Å². The number of nitrogens with zero attached hydrogens (tertiary/aromatic N) is 2. The van der Waals surface area contributed by atoms with Crippen LogP contribution in [0.3, 0.4) is 0 Å². The third-order valence-electron chi connectivity index (χ3n) is 2.60. The van der Waals surface area contributed by atoms with Crippen molar-refractivity contribution in [2.45, 2.75) is 40.5 Å². The van der Waals surface area contributed by atoms with E-state index in [0.717, 1.165) is 22.7 Å². The summed E-state index contributed by atoms with van der Waals surface area (Å²) in [6.07, 6.45) is 1.81. The molecule has 0 fully saturated rings. The van der Waals surface area contributed by atoms with Crippen molar-refractivity contribution in [2.75, 3.05) is 5.32 Å². The Morgan fingerprint density at radius 3 is 2.60 bits per heavy atom. The first-order valence-corrected chi connectivity index (χ1v) is 8.23. The molecule has 0 aliphatic rings. The second-order valence-corrected chi connectivity index (χ2v) is 8.04. The van der Waals surface area contributed by atoms with Gasteiger partial charge in [-0.1, -0.05) is 39.0 Å². The summed E-state index contributed by atoms with van der Waals surface area (Å²) >= 11 is 2.97. The molecule has 6 heteroatoms. The molecule has 2 aromatic heterocycles. The van der Waals surface area contributed by atoms with E-state index in [4.69, 9.17) is 0 Å². The van der Waals surface area contributed by atoms with E-state index in [1.807, 2.05) is 12.1 Å². The van der Waals surface area contributed by atoms with Crippen LogP contribution in [0, 0.1) is 5.41 Å². The summed E-state index contributed by atoms with van der Waals surface area (Å²) in [5, 5.41) is 12.5. The molecule has 0 aliphatic heterocycles. The van der Waals surface area contributed by atoms with Gasteiger partial charge in [-0.25, -0.2) is 0 Å². The van der Waals surface area contributed by atoms with Crippen molar-refractivity contribution < 1.29 is 4.79 Å². The third kappa shape index (κ3) is 4.11. The van der Waals surface area contributed by atoms with Gasteiger partial charge in [0, 0.05) is 11.3 Å². The number of carbonyl (C=O) groups is 1. The molecule has 2 aromatic rings. The molecule has 0 bridgehead atoms. The van der Waals surface area contributed by atoms with E-state index in [-0.39, 0.29) is 11.3 Å². The Morgan fingerprint density at radius 2 is 2.00 bits per heavy atom. The first-order valence-electron chi connectivity index (χ1n) is 6.60. The first-order chi connectivity index (χ1) is 9.37. The molecule has 0 aromatic carbocycles. The molecule has 1 N–H and O–H groups in total. The lowest BCUT2D eigenvalue weighted by Crippen LogP contribution is -2.09. The lowest BCUT2D eigenvalue weighted by molar-refractivity contribution is 0.103. The normalized spacial score (nSPS) is 11.6. The van der Waals surface area contributed by atoms with Crippen molar-refractivity contribution in [1.82, 2.24) is 10.2 Å². The molecular weight excluding hydrogens is 290 g/mol. The summed E-state index contributed by atoms with van der Waals surface area (Å²) in [6, 6.07) is 3.85. The minimum absolute atomic E-state index is 0.104. The van der Waals surface area contributed by atoms with Crippen LogP contribution in [0.2, 0.25) is 0 Å². The number of carbonyl (C=O) groups excluding carboxylic acids is 1. The predicted molar refractivity (Wildman–Crippen MR) is 84.7 cm³/mol. The van der Waals surface area contributed by atoms with Gasteiger partial charge in [-0.3, -0.25) is 10.1 Å². The molecule has 0 atom stereocenters. The quantitative estimate of drug-likeness (QED) is 0.928. The Hall–Kier alpha value is -1.27. The molecule has 4 nitrogen and oxygen atoms in total. The Kier molecular flexibility index (Phi) is 4.55. The van der Waals surface area contributed by atoms with Gasteiger partial charge in [0.05, 0.1) is 4.88 Å². The van der Waals surface area contributed by atoms with E-state index in [0.29, 0.717) is 5.13 Å². The van der Waals surface area contributed by atoms with Crippen molar-refractivity contribution in [3.05, 3.63) is 26.9 Å². The SMILES string of the molecule is CCc1ccc(C(=O)Nc2nnc(CC(C)(C)C)s2)s1. The Morgan fingerprint density at radius 1 is 1.25 bits per heavy atom.